The lowest BCUT2D eigenvalue weighted by atomic mass is 9.96. The molecule has 2 atom stereocenters. The first-order chi connectivity index (χ1) is 10.5. The maximum Gasteiger partial charge on any atom is 0.314 e. The number of likely N-dealkylation sites (tertiary alicyclic amines) is 1. The Morgan fingerprint density at radius 1 is 1.36 bits per heavy atom. The molecule has 1 aromatic carbocycles. The Kier molecular flexibility index (Phi) is 5.80. The van der Waals surface area contributed by atoms with Crippen LogP contribution >= 0.6 is 0 Å². The summed E-state index contributed by atoms with van der Waals surface area (Å²) in [6.45, 7) is 6.84. The van der Waals surface area contributed by atoms with Gasteiger partial charge in [0.1, 0.15) is 5.60 Å². The van der Waals surface area contributed by atoms with Crippen LogP contribution in [0.4, 0.5) is 4.79 Å². The summed E-state index contributed by atoms with van der Waals surface area (Å²) < 4.78 is 0. The first-order valence-corrected chi connectivity index (χ1v) is 8.06. The minimum Gasteiger partial charge on any atom is -0.384 e. The van der Waals surface area contributed by atoms with Gasteiger partial charge in [-0.3, -0.25) is 4.90 Å². The zero-order chi connectivity index (χ0) is 16.0. The lowest BCUT2D eigenvalue weighted by Crippen LogP contribution is -2.47. The minimum atomic E-state index is -1.07. The summed E-state index contributed by atoms with van der Waals surface area (Å²) >= 11 is 0. The number of hydrogen-bond donors (Lipinski definition) is 3. The van der Waals surface area contributed by atoms with Crippen molar-refractivity contribution in [2.75, 3.05) is 26.2 Å². The van der Waals surface area contributed by atoms with Crippen LogP contribution in [-0.4, -0.2) is 48.3 Å². The van der Waals surface area contributed by atoms with Crippen LogP contribution in [0.2, 0.25) is 0 Å². The normalized spacial score (nSPS) is 21.3. The van der Waals surface area contributed by atoms with Gasteiger partial charge in [0, 0.05) is 12.6 Å². The summed E-state index contributed by atoms with van der Waals surface area (Å²) in [5.41, 5.74) is -0.273. The van der Waals surface area contributed by atoms with E-state index in [0.29, 0.717) is 12.6 Å². The van der Waals surface area contributed by atoms with Crippen LogP contribution < -0.4 is 10.6 Å². The molecule has 22 heavy (non-hydrogen) atoms. The van der Waals surface area contributed by atoms with E-state index in [0.717, 1.165) is 25.1 Å². The van der Waals surface area contributed by atoms with Gasteiger partial charge >= 0.3 is 6.03 Å². The average molecular weight is 305 g/mol. The number of carbonyl (C=O) groups excluding carboxylic acids is 1. The van der Waals surface area contributed by atoms with Crippen molar-refractivity contribution in [3.8, 4) is 0 Å². The highest BCUT2D eigenvalue weighted by Crippen LogP contribution is 2.19. The SMILES string of the molecule is CCN1CCCC1CNC(=O)NCC(C)(O)c1ccccc1. The average Bonchev–Trinajstić information content (AvgIpc) is 2.99. The van der Waals surface area contributed by atoms with Crippen LogP contribution in [0.1, 0.15) is 32.3 Å². The van der Waals surface area contributed by atoms with E-state index in [9.17, 15) is 9.90 Å². The topological polar surface area (TPSA) is 64.6 Å². The van der Waals surface area contributed by atoms with Crippen LogP contribution in [0, 0.1) is 0 Å². The molecule has 1 fully saturated rings. The Labute approximate surface area is 132 Å². The Morgan fingerprint density at radius 3 is 2.77 bits per heavy atom. The van der Waals surface area contributed by atoms with Crippen molar-refractivity contribution in [2.24, 2.45) is 0 Å². The van der Waals surface area contributed by atoms with Crippen LogP contribution in [0.5, 0.6) is 0 Å². The largest absolute Gasteiger partial charge is 0.384 e. The Bertz CT molecular complexity index is 476. The molecule has 0 aromatic heterocycles. The Hall–Kier alpha value is -1.59. The van der Waals surface area contributed by atoms with Crippen molar-refractivity contribution >= 4 is 6.03 Å². The number of aliphatic hydroxyl groups is 1. The number of carbonyl (C=O) groups is 1. The highest BCUT2D eigenvalue weighted by Gasteiger charge is 2.25. The molecule has 0 spiro atoms. The Balaban J connectivity index is 1.75. The molecule has 2 amide bonds. The predicted molar refractivity (Wildman–Crippen MR) is 87.7 cm³/mol. The van der Waals surface area contributed by atoms with Crippen molar-refractivity contribution in [1.82, 2.24) is 15.5 Å². The fraction of sp³-hybridized carbons (Fsp3) is 0.588. The second-order valence-electron chi connectivity index (χ2n) is 6.13. The van der Waals surface area contributed by atoms with Crippen LogP contribution in [0.3, 0.4) is 0 Å². The Morgan fingerprint density at radius 2 is 2.09 bits per heavy atom. The van der Waals surface area contributed by atoms with E-state index in [4.69, 9.17) is 0 Å². The molecule has 3 N–H and O–H groups in total. The third-order valence-electron chi connectivity index (χ3n) is 4.39. The zero-order valence-corrected chi connectivity index (χ0v) is 13.5. The molecular formula is C17H27N3O2. The van der Waals surface area contributed by atoms with Gasteiger partial charge in [-0.25, -0.2) is 4.79 Å². The molecule has 0 saturated carbocycles. The second-order valence-corrected chi connectivity index (χ2v) is 6.13. The van der Waals surface area contributed by atoms with Gasteiger partial charge in [-0.15, -0.1) is 0 Å². The predicted octanol–water partition coefficient (Wildman–Crippen LogP) is 1.68. The van der Waals surface area contributed by atoms with Crippen molar-refractivity contribution in [3.05, 3.63) is 35.9 Å². The van der Waals surface area contributed by atoms with E-state index in [1.807, 2.05) is 30.3 Å². The summed E-state index contributed by atoms with van der Waals surface area (Å²) in [7, 11) is 0. The molecule has 5 nitrogen and oxygen atoms in total. The van der Waals surface area contributed by atoms with Gasteiger partial charge in [0.15, 0.2) is 0 Å². The molecule has 1 heterocycles. The van der Waals surface area contributed by atoms with Crippen molar-refractivity contribution in [2.45, 2.75) is 38.3 Å². The fourth-order valence-electron chi connectivity index (χ4n) is 2.97. The van der Waals surface area contributed by atoms with E-state index in [2.05, 4.69) is 22.5 Å². The number of rotatable bonds is 6. The number of nitrogens with one attached hydrogen (secondary N) is 2. The quantitative estimate of drug-likeness (QED) is 0.749. The molecule has 0 aliphatic carbocycles. The minimum absolute atomic E-state index is 0.186. The second kappa shape index (κ2) is 7.61. The van der Waals surface area contributed by atoms with E-state index in [-0.39, 0.29) is 12.6 Å². The molecule has 0 radical (unpaired) electrons. The van der Waals surface area contributed by atoms with Crippen molar-refractivity contribution in [1.29, 1.82) is 0 Å². The summed E-state index contributed by atoms with van der Waals surface area (Å²) in [5, 5.41) is 16.1. The maximum atomic E-state index is 11.9. The van der Waals surface area contributed by atoms with Gasteiger partial charge in [-0.1, -0.05) is 37.3 Å². The van der Waals surface area contributed by atoms with Gasteiger partial charge < -0.3 is 15.7 Å². The van der Waals surface area contributed by atoms with Crippen LogP contribution in [0.15, 0.2) is 30.3 Å². The van der Waals surface area contributed by atoms with Crippen molar-refractivity contribution in [3.63, 3.8) is 0 Å². The van der Waals surface area contributed by atoms with Crippen molar-refractivity contribution < 1.29 is 9.90 Å². The maximum absolute atomic E-state index is 11.9. The highest BCUT2D eigenvalue weighted by atomic mass is 16.3. The fourth-order valence-corrected chi connectivity index (χ4v) is 2.97. The van der Waals surface area contributed by atoms with Crippen LogP contribution in [0.25, 0.3) is 0 Å². The molecule has 1 saturated heterocycles. The first-order valence-electron chi connectivity index (χ1n) is 8.06. The molecule has 1 aliphatic rings. The summed E-state index contributed by atoms with van der Waals surface area (Å²) in [5.74, 6) is 0. The van der Waals surface area contributed by atoms with Gasteiger partial charge in [0.2, 0.25) is 0 Å². The molecule has 5 heteroatoms. The summed E-state index contributed by atoms with van der Waals surface area (Å²) in [6.07, 6.45) is 2.33. The molecule has 2 rings (SSSR count). The van der Waals surface area contributed by atoms with E-state index >= 15 is 0 Å². The van der Waals surface area contributed by atoms with E-state index in [1.165, 1.54) is 6.42 Å². The lowest BCUT2D eigenvalue weighted by molar-refractivity contribution is 0.0593. The molecule has 122 valence electrons. The zero-order valence-electron chi connectivity index (χ0n) is 13.5. The lowest BCUT2D eigenvalue weighted by Gasteiger charge is -2.25. The van der Waals surface area contributed by atoms with Gasteiger partial charge in [0.05, 0.1) is 6.54 Å². The smallest absolute Gasteiger partial charge is 0.314 e. The number of nitrogens with zero attached hydrogens (tertiary/aromatic N) is 1. The molecular weight excluding hydrogens is 278 g/mol. The number of likely N-dealkylation sites (N-methyl/N-ethyl adjacent to an activating group) is 1. The van der Waals surface area contributed by atoms with E-state index in [1.54, 1.807) is 6.92 Å². The monoisotopic (exact) mass is 305 g/mol. The molecule has 2 unspecified atom stereocenters. The standard InChI is InChI=1S/C17H27N3O2/c1-3-20-11-7-10-15(20)12-18-16(21)19-13-17(2,22)14-8-5-4-6-9-14/h4-6,8-9,15,22H,3,7,10-13H2,1-2H3,(H2,18,19,21). The molecule has 1 aromatic rings. The molecule has 0 bridgehead atoms. The summed E-state index contributed by atoms with van der Waals surface area (Å²) in [4.78, 5) is 14.3. The highest BCUT2D eigenvalue weighted by molar-refractivity contribution is 5.74. The summed E-state index contributed by atoms with van der Waals surface area (Å²) in [6, 6.07) is 9.59. The number of benzene rings is 1. The van der Waals surface area contributed by atoms with Crippen LogP contribution in [-0.2, 0) is 5.60 Å². The first kappa shape index (κ1) is 16.8. The number of hydrogen-bond acceptors (Lipinski definition) is 3. The third kappa shape index (κ3) is 4.45. The van der Waals surface area contributed by atoms with Gasteiger partial charge in [0.25, 0.3) is 0 Å². The van der Waals surface area contributed by atoms with Gasteiger partial charge in [-0.05, 0) is 38.4 Å². The van der Waals surface area contributed by atoms with Gasteiger partial charge in [-0.2, -0.15) is 0 Å². The number of urea groups is 1. The number of amides is 2. The van der Waals surface area contributed by atoms with E-state index < -0.39 is 5.60 Å². The molecule has 1 aliphatic heterocycles. The third-order valence-corrected chi connectivity index (χ3v) is 4.39.